The lowest BCUT2D eigenvalue weighted by Crippen LogP contribution is -2.18. The summed E-state index contributed by atoms with van der Waals surface area (Å²) in [7, 11) is 0. The second-order valence-electron chi connectivity index (χ2n) is 4.74. The first-order valence-corrected chi connectivity index (χ1v) is 6.57. The molecule has 1 aromatic heterocycles. The zero-order valence-corrected chi connectivity index (χ0v) is 11.9. The van der Waals surface area contributed by atoms with Gasteiger partial charge in [0.05, 0.1) is 5.56 Å². The van der Waals surface area contributed by atoms with Crippen LogP contribution in [0.5, 0.6) is 0 Å². The molecule has 0 spiro atoms. The van der Waals surface area contributed by atoms with Gasteiger partial charge >= 0.3 is 5.97 Å². The molecule has 0 saturated carbocycles. The third-order valence-electron chi connectivity index (χ3n) is 3.13. The number of carboxylic acid groups (broad SMARTS) is 1. The molecule has 0 radical (unpaired) electrons. The van der Waals surface area contributed by atoms with E-state index in [0.717, 1.165) is 12.2 Å². The molecule has 0 aliphatic rings. The van der Waals surface area contributed by atoms with Gasteiger partial charge in [0.1, 0.15) is 5.82 Å². The van der Waals surface area contributed by atoms with E-state index in [0.29, 0.717) is 11.5 Å². The molecule has 1 N–H and O–H groups in total. The predicted molar refractivity (Wildman–Crippen MR) is 79.8 cm³/mol. The third kappa shape index (κ3) is 2.96. The number of benzene rings is 1. The molecule has 4 nitrogen and oxygen atoms in total. The first-order chi connectivity index (χ1) is 9.51. The van der Waals surface area contributed by atoms with E-state index in [1.165, 1.54) is 5.56 Å². The predicted octanol–water partition coefficient (Wildman–Crippen LogP) is 3.55. The van der Waals surface area contributed by atoms with Gasteiger partial charge in [-0.1, -0.05) is 17.7 Å². The van der Waals surface area contributed by atoms with Crippen molar-refractivity contribution in [1.29, 1.82) is 0 Å². The maximum atomic E-state index is 11.2. The van der Waals surface area contributed by atoms with Crippen LogP contribution >= 0.6 is 0 Å². The molecule has 0 aliphatic carbocycles. The molecule has 0 atom stereocenters. The summed E-state index contributed by atoms with van der Waals surface area (Å²) in [6.45, 7) is 6.58. The molecular weight excluding hydrogens is 252 g/mol. The van der Waals surface area contributed by atoms with Gasteiger partial charge in [-0.2, -0.15) is 0 Å². The van der Waals surface area contributed by atoms with E-state index in [2.05, 4.69) is 4.98 Å². The molecule has 0 fully saturated rings. The molecular formula is C16H18N2O2. The smallest absolute Gasteiger partial charge is 0.335 e. The number of aromatic carboxylic acids is 1. The van der Waals surface area contributed by atoms with E-state index in [1.54, 1.807) is 19.1 Å². The molecule has 0 unspecified atom stereocenters. The molecule has 0 aliphatic heterocycles. The van der Waals surface area contributed by atoms with E-state index < -0.39 is 5.97 Å². The third-order valence-corrected chi connectivity index (χ3v) is 3.13. The van der Waals surface area contributed by atoms with E-state index in [-0.39, 0.29) is 5.56 Å². The van der Waals surface area contributed by atoms with Crippen LogP contribution in [0.4, 0.5) is 11.5 Å². The zero-order chi connectivity index (χ0) is 14.7. The van der Waals surface area contributed by atoms with Gasteiger partial charge < -0.3 is 10.0 Å². The Morgan fingerprint density at radius 1 is 1.20 bits per heavy atom. The zero-order valence-electron chi connectivity index (χ0n) is 11.9. The number of carbonyl (C=O) groups is 1. The average molecular weight is 270 g/mol. The van der Waals surface area contributed by atoms with E-state index in [9.17, 15) is 4.79 Å². The van der Waals surface area contributed by atoms with E-state index in [1.807, 2.05) is 43.0 Å². The van der Waals surface area contributed by atoms with E-state index >= 15 is 0 Å². The highest BCUT2D eigenvalue weighted by atomic mass is 16.4. The van der Waals surface area contributed by atoms with Gasteiger partial charge in [-0.05, 0) is 45.0 Å². The number of aromatic nitrogens is 1. The van der Waals surface area contributed by atoms with Crippen molar-refractivity contribution in [2.24, 2.45) is 0 Å². The van der Waals surface area contributed by atoms with Crippen molar-refractivity contribution in [2.75, 3.05) is 11.4 Å². The van der Waals surface area contributed by atoms with Gasteiger partial charge in [-0.25, -0.2) is 9.78 Å². The number of carboxylic acids is 1. The van der Waals surface area contributed by atoms with Crippen LogP contribution in [0, 0.1) is 13.8 Å². The number of anilines is 2. The van der Waals surface area contributed by atoms with Crippen molar-refractivity contribution < 1.29 is 9.90 Å². The average Bonchev–Trinajstić information content (AvgIpc) is 2.41. The first-order valence-electron chi connectivity index (χ1n) is 6.57. The van der Waals surface area contributed by atoms with Crippen molar-refractivity contribution in [1.82, 2.24) is 4.98 Å². The second-order valence-corrected chi connectivity index (χ2v) is 4.74. The largest absolute Gasteiger partial charge is 0.478 e. The molecule has 0 amide bonds. The maximum Gasteiger partial charge on any atom is 0.335 e. The normalized spacial score (nSPS) is 10.3. The van der Waals surface area contributed by atoms with Gasteiger partial charge in [0.15, 0.2) is 0 Å². The van der Waals surface area contributed by atoms with E-state index in [4.69, 9.17) is 5.11 Å². The topological polar surface area (TPSA) is 53.4 Å². The van der Waals surface area contributed by atoms with Crippen LogP contribution in [0.3, 0.4) is 0 Å². The Bertz CT molecular complexity index is 621. The Balaban J connectivity index is 2.46. The SMILES string of the molecule is CCN(c1ccc(C)cc1)c1cc(C(=O)O)cc(C)n1. The summed E-state index contributed by atoms with van der Waals surface area (Å²) in [5.41, 5.74) is 3.16. The number of hydrogen-bond acceptors (Lipinski definition) is 3. The summed E-state index contributed by atoms with van der Waals surface area (Å²) >= 11 is 0. The highest BCUT2D eigenvalue weighted by Crippen LogP contribution is 2.25. The maximum absolute atomic E-state index is 11.2. The van der Waals surface area contributed by atoms with Crippen LogP contribution in [0.15, 0.2) is 36.4 Å². The Morgan fingerprint density at radius 3 is 2.40 bits per heavy atom. The van der Waals surface area contributed by atoms with Crippen molar-refractivity contribution >= 4 is 17.5 Å². The molecule has 1 aromatic carbocycles. The first kappa shape index (κ1) is 14.1. The quantitative estimate of drug-likeness (QED) is 0.923. The van der Waals surface area contributed by atoms with Crippen LogP contribution in [0.25, 0.3) is 0 Å². The van der Waals surface area contributed by atoms with Crippen LogP contribution in [0.2, 0.25) is 0 Å². The van der Waals surface area contributed by atoms with Crippen LogP contribution in [-0.4, -0.2) is 22.6 Å². The fourth-order valence-corrected chi connectivity index (χ4v) is 2.11. The molecule has 20 heavy (non-hydrogen) atoms. The number of nitrogens with zero attached hydrogens (tertiary/aromatic N) is 2. The second kappa shape index (κ2) is 5.74. The summed E-state index contributed by atoms with van der Waals surface area (Å²) in [6, 6.07) is 11.3. The molecule has 2 aromatic rings. The fraction of sp³-hybridized carbons (Fsp3) is 0.250. The highest BCUT2D eigenvalue weighted by molar-refractivity contribution is 5.89. The molecule has 1 heterocycles. The summed E-state index contributed by atoms with van der Waals surface area (Å²) in [5, 5.41) is 9.15. The Kier molecular flexibility index (Phi) is 4.03. The fourth-order valence-electron chi connectivity index (χ4n) is 2.11. The Morgan fingerprint density at radius 2 is 1.85 bits per heavy atom. The molecule has 0 saturated heterocycles. The molecule has 104 valence electrons. The number of rotatable bonds is 4. The number of pyridine rings is 1. The van der Waals surface area contributed by atoms with Crippen molar-refractivity contribution in [3.63, 3.8) is 0 Å². The van der Waals surface area contributed by atoms with Gasteiger partial charge in [-0.15, -0.1) is 0 Å². The minimum atomic E-state index is -0.934. The Labute approximate surface area is 118 Å². The molecule has 4 heteroatoms. The summed E-state index contributed by atoms with van der Waals surface area (Å²) in [6.07, 6.45) is 0. The van der Waals surface area contributed by atoms with Crippen LogP contribution in [0.1, 0.15) is 28.5 Å². The van der Waals surface area contributed by atoms with Crippen molar-refractivity contribution in [2.45, 2.75) is 20.8 Å². The van der Waals surface area contributed by atoms with Crippen molar-refractivity contribution in [3.05, 3.63) is 53.2 Å². The van der Waals surface area contributed by atoms with Crippen LogP contribution < -0.4 is 4.90 Å². The van der Waals surface area contributed by atoms with Crippen LogP contribution in [-0.2, 0) is 0 Å². The minimum absolute atomic E-state index is 0.262. The lowest BCUT2D eigenvalue weighted by Gasteiger charge is -2.23. The molecule has 0 bridgehead atoms. The number of aryl methyl sites for hydroxylation is 2. The number of hydrogen-bond donors (Lipinski definition) is 1. The highest BCUT2D eigenvalue weighted by Gasteiger charge is 2.13. The van der Waals surface area contributed by atoms with Gasteiger partial charge in [0.25, 0.3) is 0 Å². The summed E-state index contributed by atoms with van der Waals surface area (Å²) in [4.78, 5) is 17.6. The van der Waals surface area contributed by atoms with Crippen molar-refractivity contribution in [3.8, 4) is 0 Å². The Hall–Kier alpha value is -2.36. The molecule has 2 rings (SSSR count). The van der Waals surface area contributed by atoms with Gasteiger partial charge in [0.2, 0.25) is 0 Å². The lowest BCUT2D eigenvalue weighted by atomic mass is 10.2. The van der Waals surface area contributed by atoms with Gasteiger partial charge in [0, 0.05) is 17.9 Å². The van der Waals surface area contributed by atoms with Gasteiger partial charge in [-0.3, -0.25) is 0 Å². The standard InChI is InChI=1S/C16H18N2O2/c1-4-18(14-7-5-11(2)6-8-14)15-10-13(16(19)20)9-12(3)17-15/h5-10H,4H2,1-3H3,(H,19,20). The summed E-state index contributed by atoms with van der Waals surface area (Å²) in [5.74, 6) is -0.273. The minimum Gasteiger partial charge on any atom is -0.478 e. The lowest BCUT2D eigenvalue weighted by molar-refractivity contribution is 0.0696. The summed E-state index contributed by atoms with van der Waals surface area (Å²) < 4.78 is 0. The monoisotopic (exact) mass is 270 g/mol.